The summed E-state index contributed by atoms with van der Waals surface area (Å²) in [5.74, 6) is 1.76. The lowest BCUT2D eigenvalue weighted by atomic mass is 9.97. The number of carbonyl (C=O) groups excluding carboxylic acids is 1. The number of nitrogens with one attached hydrogen (secondary N) is 1. The summed E-state index contributed by atoms with van der Waals surface area (Å²) in [6.45, 7) is 5.91. The van der Waals surface area contributed by atoms with Crippen LogP contribution in [0.15, 0.2) is 18.2 Å². The third-order valence-corrected chi connectivity index (χ3v) is 5.63. The highest BCUT2D eigenvalue weighted by atomic mass is 16.5. The third-order valence-electron chi connectivity index (χ3n) is 5.63. The predicted octanol–water partition coefficient (Wildman–Crippen LogP) is 6.15. The molecule has 0 heterocycles. The third kappa shape index (κ3) is 7.94. The molecular weight excluding hydrogens is 334 g/mol. The van der Waals surface area contributed by atoms with Gasteiger partial charge in [-0.3, -0.25) is 4.79 Å². The van der Waals surface area contributed by atoms with Crippen molar-refractivity contribution in [1.29, 1.82) is 0 Å². The lowest BCUT2D eigenvalue weighted by molar-refractivity contribution is -0.121. The number of rotatable bonds is 14. The number of unbranched alkanes of at least 4 members (excludes halogenated alkanes) is 6. The molecule has 0 aliphatic heterocycles. The van der Waals surface area contributed by atoms with Crippen LogP contribution in [0.3, 0.4) is 0 Å². The molecule has 0 bridgehead atoms. The fourth-order valence-electron chi connectivity index (χ4n) is 4.01. The number of benzene rings is 1. The summed E-state index contributed by atoms with van der Waals surface area (Å²) < 4.78 is 6.01. The maximum Gasteiger partial charge on any atom is 0.219 e. The number of hydrogen-bond donors (Lipinski definition) is 1. The van der Waals surface area contributed by atoms with Crippen molar-refractivity contribution < 1.29 is 9.53 Å². The van der Waals surface area contributed by atoms with Crippen LogP contribution in [-0.4, -0.2) is 19.1 Å². The van der Waals surface area contributed by atoms with E-state index in [1.54, 1.807) is 0 Å². The van der Waals surface area contributed by atoms with Gasteiger partial charge in [-0.1, -0.05) is 58.4 Å². The van der Waals surface area contributed by atoms with Crippen molar-refractivity contribution in [3.05, 3.63) is 29.3 Å². The minimum Gasteiger partial charge on any atom is -0.494 e. The van der Waals surface area contributed by atoms with E-state index in [1.807, 2.05) is 6.92 Å². The Bertz CT molecular complexity index is 555. The summed E-state index contributed by atoms with van der Waals surface area (Å²) in [5, 5.41) is 3.05. The molecule has 0 saturated carbocycles. The minimum atomic E-state index is 0.183. The number of ether oxygens (including phenoxy) is 1. The van der Waals surface area contributed by atoms with E-state index in [1.165, 1.54) is 56.1 Å². The molecule has 1 aromatic rings. The second-order valence-electron chi connectivity index (χ2n) is 7.95. The Morgan fingerprint density at radius 3 is 2.63 bits per heavy atom. The van der Waals surface area contributed by atoms with Crippen molar-refractivity contribution in [3.8, 4) is 5.75 Å². The first kappa shape index (κ1) is 21.8. The van der Waals surface area contributed by atoms with Gasteiger partial charge in [-0.05, 0) is 61.3 Å². The molecule has 1 aliphatic carbocycles. The Kier molecular flexibility index (Phi) is 10.3. The van der Waals surface area contributed by atoms with Gasteiger partial charge in [0.1, 0.15) is 5.75 Å². The number of aryl methyl sites for hydroxylation is 1. The zero-order valence-electron chi connectivity index (χ0n) is 17.5. The monoisotopic (exact) mass is 373 g/mol. The smallest absolute Gasteiger partial charge is 0.219 e. The van der Waals surface area contributed by atoms with Gasteiger partial charge in [0.2, 0.25) is 5.91 Å². The van der Waals surface area contributed by atoms with Crippen LogP contribution in [0.25, 0.3) is 0 Å². The summed E-state index contributed by atoms with van der Waals surface area (Å²) in [7, 11) is 0. The molecule has 0 fully saturated rings. The van der Waals surface area contributed by atoms with E-state index in [0.29, 0.717) is 12.3 Å². The Morgan fingerprint density at radius 1 is 1.07 bits per heavy atom. The molecular formula is C24H39NO2. The average molecular weight is 374 g/mol. The van der Waals surface area contributed by atoms with E-state index in [9.17, 15) is 4.79 Å². The number of hydrogen-bond acceptors (Lipinski definition) is 2. The van der Waals surface area contributed by atoms with Crippen molar-refractivity contribution >= 4 is 5.91 Å². The fourth-order valence-corrected chi connectivity index (χ4v) is 4.01. The Hall–Kier alpha value is -1.51. The molecule has 1 unspecified atom stereocenters. The Balaban J connectivity index is 1.69. The summed E-state index contributed by atoms with van der Waals surface area (Å²) in [6.07, 6.45) is 14.1. The normalized spacial score (nSPS) is 15.6. The lowest BCUT2D eigenvalue weighted by Gasteiger charge is -2.14. The first-order valence-corrected chi connectivity index (χ1v) is 11.3. The van der Waals surface area contributed by atoms with Gasteiger partial charge in [0.25, 0.3) is 0 Å². The zero-order chi connectivity index (χ0) is 19.3. The van der Waals surface area contributed by atoms with Gasteiger partial charge in [-0.25, -0.2) is 0 Å². The predicted molar refractivity (Wildman–Crippen MR) is 114 cm³/mol. The molecule has 0 saturated heterocycles. The zero-order valence-corrected chi connectivity index (χ0v) is 17.5. The molecule has 1 amide bonds. The summed E-state index contributed by atoms with van der Waals surface area (Å²) in [6, 6.07) is 6.62. The molecule has 0 aromatic heterocycles. The second-order valence-corrected chi connectivity index (χ2v) is 7.95. The molecule has 3 nitrogen and oxygen atoms in total. The van der Waals surface area contributed by atoms with Crippen LogP contribution >= 0.6 is 0 Å². The van der Waals surface area contributed by atoms with Crippen molar-refractivity contribution in [2.24, 2.45) is 0 Å². The van der Waals surface area contributed by atoms with Crippen LogP contribution in [0.5, 0.6) is 5.75 Å². The standard InChI is InChI=1S/C24H39NO2/c1-3-5-6-7-8-9-10-18-27-22-15-14-20-12-13-21(23(20)19-22)16-17-25-24(26)11-4-2/h14-15,19,21H,3-13,16-18H2,1-2H3,(H,25,26). The van der Waals surface area contributed by atoms with E-state index in [4.69, 9.17) is 4.74 Å². The molecule has 3 heteroatoms. The highest BCUT2D eigenvalue weighted by Gasteiger charge is 2.22. The fraction of sp³-hybridized carbons (Fsp3) is 0.708. The lowest BCUT2D eigenvalue weighted by Crippen LogP contribution is -2.24. The highest BCUT2D eigenvalue weighted by molar-refractivity contribution is 5.75. The molecule has 0 spiro atoms. The summed E-state index contributed by atoms with van der Waals surface area (Å²) in [4.78, 5) is 11.6. The summed E-state index contributed by atoms with van der Waals surface area (Å²) in [5.41, 5.74) is 2.90. The maximum atomic E-state index is 11.6. The van der Waals surface area contributed by atoms with Crippen molar-refractivity contribution in [1.82, 2.24) is 5.32 Å². The number of amides is 1. The van der Waals surface area contributed by atoms with E-state index in [2.05, 4.69) is 30.4 Å². The highest BCUT2D eigenvalue weighted by Crippen LogP contribution is 2.37. The van der Waals surface area contributed by atoms with E-state index in [-0.39, 0.29) is 5.91 Å². The Labute approximate surface area is 166 Å². The minimum absolute atomic E-state index is 0.183. The average Bonchev–Trinajstić information content (AvgIpc) is 3.06. The first-order valence-electron chi connectivity index (χ1n) is 11.3. The molecule has 1 aromatic carbocycles. The van der Waals surface area contributed by atoms with E-state index < -0.39 is 0 Å². The Morgan fingerprint density at radius 2 is 1.85 bits per heavy atom. The molecule has 1 N–H and O–H groups in total. The summed E-state index contributed by atoms with van der Waals surface area (Å²) >= 11 is 0. The van der Waals surface area contributed by atoms with Gasteiger partial charge in [-0.2, -0.15) is 0 Å². The molecule has 27 heavy (non-hydrogen) atoms. The molecule has 1 atom stereocenters. The van der Waals surface area contributed by atoms with E-state index in [0.717, 1.165) is 44.6 Å². The van der Waals surface area contributed by atoms with E-state index >= 15 is 0 Å². The largest absolute Gasteiger partial charge is 0.494 e. The van der Waals surface area contributed by atoms with Crippen LogP contribution in [0.2, 0.25) is 0 Å². The van der Waals surface area contributed by atoms with Crippen LogP contribution in [0.4, 0.5) is 0 Å². The van der Waals surface area contributed by atoms with Crippen LogP contribution < -0.4 is 10.1 Å². The van der Waals surface area contributed by atoms with Crippen molar-refractivity contribution in [2.45, 2.75) is 96.8 Å². The van der Waals surface area contributed by atoms with Crippen molar-refractivity contribution in [3.63, 3.8) is 0 Å². The van der Waals surface area contributed by atoms with Gasteiger partial charge in [-0.15, -0.1) is 0 Å². The topological polar surface area (TPSA) is 38.3 Å². The van der Waals surface area contributed by atoms with Gasteiger partial charge in [0, 0.05) is 13.0 Å². The number of fused-ring (bicyclic) bond motifs is 1. The van der Waals surface area contributed by atoms with Gasteiger partial charge in [0.05, 0.1) is 6.61 Å². The van der Waals surface area contributed by atoms with Crippen molar-refractivity contribution in [2.75, 3.05) is 13.2 Å². The molecule has 152 valence electrons. The van der Waals surface area contributed by atoms with Gasteiger partial charge >= 0.3 is 0 Å². The maximum absolute atomic E-state index is 11.6. The molecule has 1 aliphatic rings. The second kappa shape index (κ2) is 12.8. The van der Waals surface area contributed by atoms with Crippen LogP contribution in [-0.2, 0) is 11.2 Å². The van der Waals surface area contributed by atoms with Crippen LogP contribution in [0.1, 0.15) is 102 Å². The first-order chi connectivity index (χ1) is 13.2. The molecule has 0 radical (unpaired) electrons. The van der Waals surface area contributed by atoms with Gasteiger partial charge < -0.3 is 10.1 Å². The van der Waals surface area contributed by atoms with Crippen LogP contribution in [0, 0.1) is 0 Å². The van der Waals surface area contributed by atoms with Gasteiger partial charge in [0.15, 0.2) is 0 Å². The SMILES string of the molecule is CCCCCCCCCOc1ccc2c(c1)C(CCNC(=O)CCC)CC2. The molecule has 2 rings (SSSR count). The quantitative estimate of drug-likeness (QED) is 0.397. The number of carbonyl (C=O) groups is 1.